The SMILES string of the molecule is CCNc1nc(CN(C)C)nc(C2CCCC2)c1I. The van der Waals surface area contributed by atoms with Crippen molar-refractivity contribution in [2.24, 2.45) is 0 Å². The lowest BCUT2D eigenvalue weighted by molar-refractivity contribution is 0.389. The lowest BCUT2D eigenvalue weighted by Crippen LogP contribution is -2.17. The highest BCUT2D eigenvalue weighted by Crippen LogP contribution is 2.36. The summed E-state index contributed by atoms with van der Waals surface area (Å²) in [6, 6.07) is 0. The molecular weight excluding hydrogens is 351 g/mol. The van der Waals surface area contributed by atoms with Gasteiger partial charge in [0.1, 0.15) is 11.6 Å². The fourth-order valence-electron chi connectivity index (χ4n) is 2.62. The minimum atomic E-state index is 0.633. The van der Waals surface area contributed by atoms with Crippen LogP contribution in [0.15, 0.2) is 0 Å². The van der Waals surface area contributed by atoms with Crippen LogP contribution in [0, 0.1) is 3.57 Å². The number of hydrogen-bond acceptors (Lipinski definition) is 4. The van der Waals surface area contributed by atoms with Gasteiger partial charge in [-0.2, -0.15) is 0 Å². The Kier molecular flexibility index (Phi) is 5.38. The molecule has 106 valence electrons. The van der Waals surface area contributed by atoms with Gasteiger partial charge < -0.3 is 10.2 Å². The number of hydrogen-bond donors (Lipinski definition) is 1. The standard InChI is InChI=1S/C14H23IN4/c1-4-16-14-12(15)13(10-7-5-6-8-10)17-11(18-14)9-19(2)3/h10H,4-9H2,1-3H3,(H,16,17,18). The predicted octanol–water partition coefficient (Wildman–Crippen LogP) is 3.23. The molecule has 19 heavy (non-hydrogen) atoms. The first-order chi connectivity index (χ1) is 9.11. The van der Waals surface area contributed by atoms with Crippen LogP contribution >= 0.6 is 22.6 Å². The quantitative estimate of drug-likeness (QED) is 0.804. The molecule has 1 N–H and O–H groups in total. The molecule has 4 nitrogen and oxygen atoms in total. The van der Waals surface area contributed by atoms with Crippen LogP contribution in [0.4, 0.5) is 5.82 Å². The minimum Gasteiger partial charge on any atom is -0.369 e. The second-order valence-corrected chi connectivity index (χ2v) is 6.52. The Hall–Kier alpha value is -0.430. The molecule has 0 atom stereocenters. The van der Waals surface area contributed by atoms with Crippen LogP contribution in [-0.2, 0) is 6.54 Å². The molecule has 1 fully saturated rings. The number of aromatic nitrogens is 2. The summed E-state index contributed by atoms with van der Waals surface area (Å²) >= 11 is 2.40. The highest BCUT2D eigenvalue weighted by molar-refractivity contribution is 14.1. The highest BCUT2D eigenvalue weighted by atomic mass is 127. The van der Waals surface area contributed by atoms with Gasteiger partial charge in [0.15, 0.2) is 0 Å². The maximum Gasteiger partial charge on any atom is 0.145 e. The van der Waals surface area contributed by atoms with E-state index in [4.69, 9.17) is 4.98 Å². The summed E-state index contributed by atoms with van der Waals surface area (Å²) in [5.41, 5.74) is 1.26. The van der Waals surface area contributed by atoms with Gasteiger partial charge in [0.2, 0.25) is 0 Å². The van der Waals surface area contributed by atoms with Gasteiger partial charge >= 0.3 is 0 Å². The van der Waals surface area contributed by atoms with Gasteiger partial charge in [-0.3, -0.25) is 0 Å². The summed E-state index contributed by atoms with van der Waals surface area (Å²) in [5.74, 6) is 2.58. The van der Waals surface area contributed by atoms with E-state index in [1.807, 2.05) is 0 Å². The summed E-state index contributed by atoms with van der Waals surface area (Å²) in [4.78, 5) is 11.6. The van der Waals surface area contributed by atoms with Gasteiger partial charge in [0.05, 0.1) is 15.8 Å². The molecule has 1 aromatic rings. The summed E-state index contributed by atoms with van der Waals surface area (Å²) in [7, 11) is 4.12. The van der Waals surface area contributed by atoms with Crippen molar-refractivity contribution in [3.63, 3.8) is 0 Å². The van der Waals surface area contributed by atoms with E-state index >= 15 is 0 Å². The van der Waals surface area contributed by atoms with Crippen molar-refractivity contribution in [2.45, 2.75) is 45.1 Å². The Labute approximate surface area is 129 Å². The molecule has 0 amide bonds. The van der Waals surface area contributed by atoms with Crippen LogP contribution in [-0.4, -0.2) is 35.5 Å². The Balaban J connectivity index is 2.35. The zero-order valence-electron chi connectivity index (χ0n) is 12.0. The highest BCUT2D eigenvalue weighted by Gasteiger charge is 2.23. The summed E-state index contributed by atoms with van der Waals surface area (Å²) in [5, 5.41) is 3.38. The van der Waals surface area contributed by atoms with E-state index in [9.17, 15) is 0 Å². The second-order valence-electron chi connectivity index (χ2n) is 5.44. The first-order valence-corrected chi connectivity index (χ1v) is 8.14. The Morgan fingerprint density at radius 3 is 2.53 bits per heavy atom. The third-order valence-corrected chi connectivity index (χ3v) is 4.53. The fraction of sp³-hybridized carbons (Fsp3) is 0.714. The third-order valence-electron chi connectivity index (χ3n) is 3.47. The molecule has 2 rings (SSSR count). The molecule has 0 aromatic carbocycles. The van der Waals surface area contributed by atoms with Gasteiger partial charge in [-0.25, -0.2) is 9.97 Å². The van der Waals surface area contributed by atoms with Gasteiger partial charge in [0, 0.05) is 12.5 Å². The Morgan fingerprint density at radius 2 is 1.95 bits per heavy atom. The van der Waals surface area contributed by atoms with E-state index in [0.29, 0.717) is 5.92 Å². The number of nitrogens with zero attached hydrogens (tertiary/aromatic N) is 3. The topological polar surface area (TPSA) is 41.1 Å². The lowest BCUT2D eigenvalue weighted by atomic mass is 10.0. The van der Waals surface area contributed by atoms with Gasteiger partial charge in [-0.1, -0.05) is 12.8 Å². The van der Waals surface area contributed by atoms with Crippen molar-refractivity contribution in [1.29, 1.82) is 0 Å². The van der Waals surface area contributed by atoms with E-state index in [1.165, 1.54) is 34.9 Å². The molecule has 1 aromatic heterocycles. The van der Waals surface area contributed by atoms with Gasteiger partial charge in [-0.15, -0.1) is 0 Å². The van der Waals surface area contributed by atoms with Crippen molar-refractivity contribution in [3.05, 3.63) is 15.1 Å². The van der Waals surface area contributed by atoms with E-state index in [0.717, 1.165) is 24.7 Å². The predicted molar refractivity (Wildman–Crippen MR) is 87.5 cm³/mol. The minimum absolute atomic E-state index is 0.633. The average molecular weight is 374 g/mol. The summed E-state index contributed by atoms with van der Waals surface area (Å²) in [6.07, 6.45) is 5.23. The molecule has 1 heterocycles. The van der Waals surface area contributed by atoms with Crippen molar-refractivity contribution in [3.8, 4) is 0 Å². The normalized spacial score (nSPS) is 16.3. The van der Waals surface area contributed by atoms with Crippen LogP contribution in [0.2, 0.25) is 0 Å². The molecule has 0 spiro atoms. The second kappa shape index (κ2) is 6.83. The zero-order chi connectivity index (χ0) is 13.8. The molecular formula is C14H23IN4. The first-order valence-electron chi connectivity index (χ1n) is 7.06. The van der Waals surface area contributed by atoms with E-state index in [1.54, 1.807) is 0 Å². The Bertz CT molecular complexity index is 428. The summed E-state index contributed by atoms with van der Waals surface area (Å²) < 4.78 is 1.22. The molecule has 1 aliphatic carbocycles. The van der Waals surface area contributed by atoms with Crippen molar-refractivity contribution in [2.75, 3.05) is 26.0 Å². The van der Waals surface area contributed by atoms with Crippen molar-refractivity contribution < 1.29 is 0 Å². The summed E-state index contributed by atoms with van der Waals surface area (Å²) in [6.45, 7) is 3.81. The molecule has 5 heteroatoms. The van der Waals surface area contributed by atoms with Crippen LogP contribution < -0.4 is 5.32 Å². The average Bonchev–Trinajstić information content (AvgIpc) is 2.86. The number of halogens is 1. The van der Waals surface area contributed by atoms with Crippen molar-refractivity contribution >= 4 is 28.4 Å². The number of nitrogens with one attached hydrogen (secondary N) is 1. The Morgan fingerprint density at radius 1 is 1.26 bits per heavy atom. The molecule has 0 unspecified atom stereocenters. The maximum atomic E-state index is 4.84. The van der Waals surface area contributed by atoms with Crippen LogP contribution in [0.1, 0.15) is 50.0 Å². The van der Waals surface area contributed by atoms with E-state index in [-0.39, 0.29) is 0 Å². The molecule has 0 aliphatic heterocycles. The van der Waals surface area contributed by atoms with E-state index < -0.39 is 0 Å². The molecule has 1 saturated carbocycles. The van der Waals surface area contributed by atoms with Gasteiger partial charge in [-0.05, 0) is 56.5 Å². The fourth-order valence-corrected chi connectivity index (χ4v) is 3.49. The number of rotatable bonds is 5. The van der Waals surface area contributed by atoms with Crippen LogP contribution in [0.25, 0.3) is 0 Å². The monoisotopic (exact) mass is 374 g/mol. The van der Waals surface area contributed by atoms with Crippen LogP contribution in [0.5, 0.6) is 0 Å². The van der Waals surface area contributed by atoms with Gasteiger partial charge in [0.25, 0.3) is 0 Å². The molecule has 1 aliphatic rings. The third kappa shape index (κ3) is 3.78. The van der Waals surface area contributed by atoms with Crippen LogP contribution in [0.3, 0.4) is 0 Å². The number of anilines is 1. The largest absolute Gasteiger partial charge is 0.369 e. The van der Waals surface area contributed by atoms with Crippen molar-refractivity contribution in [1.82, 2.24) is 14.9 Å². The lowest BCUT2D eigenvalue weighted by Gasteiger charge is -2.17. The maximum absolute atomic E-state index is 4.84. The zero-order valence-corrected chi connectivity index (χ0v) is 14.2. The molecule has 0 saturated heterocycles. The molecule has 0 radical (unpaired) electrons. The van der Waals surface area contributed by atoms with E-state index in [2.05, 4.69) is 58.8 Å². The molecule has 0 bridgehead atoms. The smallest absolute Gasteiger partial charge is 0.145 e. The first kappa shape index (κ1) is 15.0.